The summed E-state index contributed by atoms with van der Waals surface area (Å²) in [5.74, 6) is -1.83. The number of nitrogens with zero attached hydrogens (tertiary/aromatic N) is 1. The number of carboxylic acid groups (broad SMARTS) is 1. The van der Waals surface area contributed by atoms with E-state index in [1.165, 1.54) is 28.6 Å². The van der Waals surface area contributed by atoms with Crippen molar-refractivity contribution in [2.75, 3.05) is 13.1 Å². The monoisotopic (exact) mass is 382 g/mol. The first-order chi connectivity index (χ1) is 12.3. The van der Waals surface area contributed by atoms with Crippen LogP contribution in [0.5, 0.6) is 0 Å². The number of carbonyl (C=O) groups excluding carboxylic acids is 1. The van der Waals surface area contributed by atoms with Gasteiger partial charge in [0.05, 0.1) is 4.90 Å². The number of benzene rings is 1. The number of piperidine rings is 1. The maximum atomic E-state index is 12.6. The Kier molecular flexibility index (Phi) is 6.77. The highest BCUT2D eigenvalue weighted by atomic mass is 32.2. The molecule has 0 bridgehead atoms. The minimum absolute atomic E-state index is 0.146. The maximum absolute atomic E-state index is 12.6. The third-order valence-electron chi connectivity index (χ3n) is 4.83. The third-order valence-corrected chi connectivity index (χ3v) is 6.75. The fraction of sp³-hybridized carbons (Fsp3) is 0.556. The van der Waals surface area contributed by atoms with Crippen LogP contribution in [0.2, 0.25) is 0 Å². The number of hydrogen-bond donors (Lipinski definition) is 2. The zero-order valence-electron chi connectivity index (χ0n) is 15.1. The zero-order valence-corrected chi connectivity index (χ0v) is 16.0. The molecule has 1 heterocycles. The standard InChI is InChI=1S/C18H26N2O5S/c1-3-13(2)16(18(22)23)19-17(21)14-7-9-15(10-8-14)26(24,25)20-11-5-4-6-12-20/h7-10,13,16H,3-6,11-12H2,1-2H3,(H,19,21)(H,22,23). The first-order valence-electron chi connectivity index (χ1n) is 8.91. The normalized spacial score (nSPS) is 18.1. The molecule has 1 fully saturated rings. The predicted octanol–water partition coefficient (Wildman–Crippen LogP) is 2.09. The highest BCUT2D eigenvalue weighted by molar-refractivity contribution is 7.89. The van der Waals surface area contributed by atoms with E-state index < -0.39 is 27.9 Å². The highest BCUT2D eigenvalue weighted by Crippen LogP contribution is 2.21. The molecular weight excluding hydrogens is 356 g/mol. The molecule has 26 heavy (non-hydrogen) atoms. The van der Waals surface area contributed by atoms with Crippen LogP contribution in [0.15, 0.2) is 29.2 Å². The van der Waals surface area contributed by atoms with Crippen LogP contribution in [-0.4, -0.2) is 48.8 Å². The fourth-order valence-corrected chi connectivity index (χ4v) is 4.46. The molecule has 1 aromatic carbocycles. The Morgan fingerprint density at radius 3 is 2.23 bits per heavy atom. The summed E-state index contributed by atoms with van der Waals surface area (Å²) in [6, 6.07) is 4.66. The number of carbonyl (C=O) groups is 2. The second kappa shape index (κ2) is 8.64. The molecule has 1 aliphatic heterocycles. The molecule has 1 saturated heterocycles. The molecule has 1 aliphatic rings. The molecule has 7 nitrogen and oxygen atoms in total. The van der Waals surface area contributed by atoms with Crippen LogP contribution in [0.4, 0.5) is 0 Å². The lowest BCUT2D eigenvalue weighted by atomic mass is 9.99. The number of carboxylic acids is 1. The molecule has 0 aromatic heterocycles. The van der Waals surface area contributed by atoms with E-state index in [1.54, 1.807) is 6.92 Å². The second-order valence-electron chi connectivity index (χ2n) is 6.66. The molecule has 2 atom stereocenters. The lowest BCUT2D eigenvalue weighted by Gasteiger charge is -2.26. The average molecular weight is 382 g/mol. The van der Waals surface area contributed by atoms with Gasteiger partial charge in [-0.1, -0.05) is 26.7 Å². The summed E-state index contributed by atoms with van der Waals surface area (Å²) in [7, 11) is -3.55. The molecule has 1 amide bonds. The van der Waals surface area contributed by atoms with Gasteiger partial charge in [-0.15, -0.1) is 0 Å². The Labute approximate surface area is 154 Å². The number of rotatable bonds is 7. The number of aliphatic carboxylic acids is 1. The van der Waals surface area contributed by atoms with Gasteiger partial charge in [0.2, 0.25) is 10.0 Å². The van der Waals surface area contributed by atoms with E-state index >= 15 is 0 Å². The molecule has 144 valence electrons. The van der Waals surface area contributed by atoms with Gasteiger partial charge < -0.3 is 10.4 Å². The van der Waals surface area contributed by atoms with E-state index in [2.05, 4.69) is 5.32 Å². The van der Waals surface area contributed by atoms with E-state index in [-0.39, 0.29) is 16.4 Å². The van der Waals surface area contributed by atoms with Crippen LogP contribution in [0.3, 0.4) is 0 Å². The summed E-state index contributed by atoms with van der Waals surface area (Å²) in [6.45, 7) is 4.64. The highest BCUT2D eigenvalue weighted by Gasteiger charge is 2.27. The van der Waals surface area contributed by atoms with Gasteiger partial charge in [0.15, 0.2) is 0 Å². The van der Waals surface area contributed by atoms with Crippen molar-refractivity contribution >= 4 is 21.9 Å². The van der Waals surface area contributed by atoms with Crippen LogP contribution in [0, 0.1) is 5.92 Å². The topological polar surface area (TPSA) is 104 Å². The van der Waals surface area contributed by atoms with Gasteiger partial charge in [0.1, 0.15) is 6.04 Å². The van der Waals surface area contributed by atoms with Crippen molar-refractivity contribution < 1.29 is 23.1 Å². The first-order valence-corrected chi connectivity index (χ1v) is 10.3. The van der Waals surface area contributed by atoms with Crippen molar-refractivity contribution in [2.24, 2.45) is 5.92 Å². The van der Waals surface area contributed by atoms with Gasteiger partial charge in [-0.05, 0) is 43.0 Å². The molecule has 0 saturated carbocycles. The number of hydrogen-bond acceptors (Lipinski definition) is 4. The molecule has 0 spiro atoms. The zero-order chi connectivity index (χ0) is 19.3. The van der Waals surface area contributed by atoms with Crippen molar-refractivity contribution in [2.45, 2.75) is 50.5 Å². The largest absolute Gasteiger partial charge is 0.480 e. The van der Waals surface area contributed by atoms with Crippen molar-refractivity contribution in [3.63, 3.8) is 0 Å². The number of nitrogens with one attached hydrogen (secondary N) is 1. The van der Waals surface area contributed by atoms with E-state index in [0.717, 1.165) is 19.3 Å². The van der Waals surface area contributed by atoms with Gasteiger partial charge in [0.25, 0.3) is 5.91 Å². The second-order valence-corrected chi connectivity index (χ2v) is 8.60. The van der Waals surface area contributed by atoms with E-state index in [0.29, 0.717) is 19.5 Å². The summed E-state index contributed by atoms with van der Waals surface area (Å²) in [5.41, 5.74) is 0.233. The van der Waals surface area contributed by atoms with Gasteiger partial charge >= 0.3 is 5.97 Å². The van der Waals surface area contributed by atoms with Crippen molar-refractivity contribution in [1.82, 2.24) is 9.62 Å². The van der Waals surface area contributed by atoms with Crippen LogP contribution in [0.25, 0.3) is 0 Å². The smallest absolute Gasteiger partial charge is 0.326 e. The lowest BCUT2D eigenvalue weighted by molar-refractivity contribution is -0.140. The van der Waals surface area contributed by atoms with Gasteiger partial charge in [-0.3, -0.25) is 4.79 Å². The van der Waals surface area contributed by atoms with Gasteiger partial charge in [-0.2, -0.15) is 4.31 Å². The summed E-state index contributed by atoms with van der Waals surface area (Å²) >= 11 is 0. The fourth-order valence-electron chi connectivity index (χ4n) is 2.94. The average Bonchev–Trinajstić information content (AvgIpc) is 2.65. The minimum atomic E-state index is -3.55. The molecule has 1 aromatic rings. The minimum Gasteiger partial charge on any atom is -0.480 e. The lowest BCUT2D eigenvalue weighted by Crippen LogP contribution is -2.45. The summed E-state index contributed by atoms with van der Waals surface area (Å²) in [4.78, 5) is 23.8. The van der Waals surface area contributed by atoms with Gasteiger partial charge in [-0.25, -0.2) is 13.2 Å². The molecule has 8 heteroatoms. The molecule has 0 radical (unpaired) electrons. The quantitative estimate of drug-likeness (QED) is 0.751. The number of sulfonamides is 1. The summed E-state index contributed by atoms with van der Waals surface area (Å²) in [5, 5.41) is 11.8. The molecular formula is C18H26N2O5S. The van der Waals surface area contributed by atoms with Crippen LogP contribution >= 0.6 is 0 Å². The van der Waals surface area contributed by atoms with E-state index in [1.807, 2.05) is 6.92 Å². The summed E-state index contributed by atoms with van der Waals surface area (Å²) < 4.78 is 26.7. The first kappa shape index (κ1) is 20.4. The van der Waals surface area contributed by atoms with Crippen LogP contribution < -0.4 is 5.32 Å². The van der Waals surface area contributed by atoms with Crippen molar-refractivity contribution in [1.29, 1.82) is 0 Å². The molecule has 2 unspecified atom stereocenters. The molecule has 0 aliphatic carbocycles. The predicted molar refractivity (Wildman–Crippen MR) is 97.4 cm³/mol. The van der Waals surface area contributed by atoms with Crippen molar-refractivity contribution in [3.05, 3.63) is 29.8 Å². The van der Waals surface area contributed by atoms with Crippen molar-refractivity contribution in [3.8, 4) is 0 Å². The molecule has 2 N–H and O–H groups in total. The Bertz CT molecular complexity index is 739. The Hall–Kier alpha value is -1.93. The Morgan fingerprint density at radius 1 is 1.15 bits per heavy atom. The summed E-state index contributed by atoms with van der Waals surface area (Å²) in [6.07, 6.45) is 3.36. The van der Waals surface area contributed by atoms with E-state index in [4.69, 9.17) is 0 Å². The maximum Gasteiger partial charge on any atom is 0.326 e. The Balaban J connectivity index is 2.13. The van der Waals surface area contributed by atoms with Crippen LogP contribution in [-0.2, 0) is 14.8 Å². The third kappa shape index (κ3) is 4.62. The Morgan fingerprint density at radius 2 is 1.73 bits per heavy atom. The SMILES string of the molecule is CCC(C)C(NC(=O)c1ccc(S(=O)(=O)N2CCCCC2)cc1)C(=O)O. The van der Waals surface area contributed by atoms with E-state index in [9.17, 15) is 23.1 Å². The van der Waals surface area contributed by atoms with Gasteiger partial charge in [0, 0.05) is 18.7 Å². The molecule has 2 rings (SSSR count). The van der Waals surface area contributed by atoms with Crippen LogP contribution in [0.1, 0.15) is 49.9 Å². The number of amides is 1.